The van der Waals surface area contributed by atoms with E-state index in [4.69, 9.17) is 0 Å². The molecular weight excluding hydrogens is 494 g/mol. The molecule has 0 spiro atoms. The molecule has 1 heterocycles. The largest absolute Gasteiger partial charge is 0.373 e. The van der Waals surface area contributed by atoms with Crippen LogP contribution in [0.4, 0.5) is 22.7 Å². The van der Waals surface area contributed by atoms with Gasteiger partial charge in [-0.15, -0.1) is 17.0 Å². The lowest BCUT2D eigenvalue weighted by molar-refractivity contribution is 0.311. The van der Waals surface area contributed by atoms with Crippen LogP contribution in [0.25, 0.3) is 0 Å². The number of benzene rings is 2. The number of halogens is 1. The molecule has 184 valence electrons. The summed E-state index contributed by atoms with van der Waals surface area (Å²) in [6, 6.07) is 13.6. The van der Waals surface area contributed by atoms with E-state index in [0.29, 0.717) is 0 Å². The molecule has 3 rings (SSSR count). The number of likely N-dealkylation sites (N-methyl/N-ethyl adjacent to an activating group) is 4. The third kappa shape index (κ3) is 7.28. The maximum absolute atomic E-state index is 3.64. The fourth-order valence-corrected chi connectivity index (χ4v) is 5.11. The van der Waals surface area contributed by atoms with E-state index in [-0.39, 0.29) is 17.0 Å². The molecule has 2 aromatic rings. The zero-order valence-electron chi connectivity index (χ0n) is 21.2. The van der Waals surface area contributed by atoms with Gasteiger partial charge in [0.15, 0.2) is 0 Å². The number of anilines is 4. The zero-order valence-corrected chi connectivity index (χ0v) is 23.8. The van der Waals surface area contributed by atoms with Crippen LogP contribution in [0.5, 0.6) is 0 Å². The molecule has 1 aliphatic rings. The average Bonchev–Trinajstić information content (AvgIpc) is 2.82. The van der Waals surface area contributed by atoms with Crippen LogP contribution in [0.15, 0.2) is 46.2 Å². The molecule has 5 nitrogen and oxygen atoms in total. The third-order valence-corrected chi connectivity index (χ3v) is 7.71. The summed E-state index contributed by atoms with van der Waals surface area (Å²) in [7, 11) is 4.39. The van der Waals surface area contributed by atoms with Crippen LogP contribution in [0.2, 0.25) is 0 Å². The van der Waals surface area contributed by atoms with Crippen LogP contribution < -0.4 is 15.1 Å². The van der Waals surface area contributed by atoms with Crippen molar-refractivity contribution in [3.05, 3.63) is 36.4 Å². The van der Waals surface area contributed by atoms with Crippen molar-refractivity contribution in [1.29, 1.82) is 0 Å². The van der Waals surface area contributed by atoms with E-state index in [1.54, 1.807) is 0 Å². The van der Waals surface area contributed by atoms with Gasteiger partial charge in [-0.05, 0) is 62.6 Å². The Hall–Kier alpha value is -1.41. The lowest BCUT2D eigenvalue weighted by Gasteiger charge is -2.28. The summed E-state index contributed by atoms with van der Waals surface area (Å²) >= 11 is 1.88. The Bertz CT molecular complexity index is 800. The molecule has 7 heteroatoms. The molecule has 33 heavy (non-hydrogen) atoms. The fourth-order valence-electron chi connectivity index (χ4n) is 4.06. The van der Waals surface area contributed by atoms with Gasteiger partial charge in [0.2, 0.25) is 0 Å². The van der Waals surface area contributed by atoms with Gasteiger partial charge in [0.1, 0.15) is 0 Å². The van der Waals surface area contributed by atoms with Crippen LogP contribution >= 0.6 is 28.7 Å². The first kappa shape index (κ1) is 27.8. The molecular formula is C26H42BrN5S. The molecule has 0 amide bonds. The monoisotopic (exact) mass is 535 g/mol. The summed E-state index contributed by atoms with van der Waals surface area (Å²) in [6.45, 7) is 17.6. The zero-order chi connectivity index (χ0) is 23.1. The minimum absolute atomic E-state index is 0. The van der Waals surface area contributed by atoms with Gasteiger partial charge in [0, 0.05) is 61.4 Å². The van der Waals surface area contributed by atoms with Crippen LogP contribution in [0, 0.1) is 0 Å². The Balaban J connectivity index is 0.00000385. The van der Waals surface area contributed by atoms with Crippen LogP contribution in [0.3, 0.4) is 0 Å². The number of hydrogen-bond acceptors (Lipinski definition) is 6. The topological polar surface area (TPSA) is 25.0 Å². The van der Waals surface area contributed by atoms with E-state index in [1.807, 2.05) is 11.8 Å². The van der Waals surface area contributed by atoms with Crippen molar-refractivity contribution in [3.63, 3.8) is 0 Å². The van der Waals surface area contributed by atoms with Crippen molar-refractivity contribution in [2.45, 2.75) is 37.5 Å². The van der Waals surface area contributed by atoms with Gasteiger partial charge in [-0.2, -0.15) is 0 Å². The Kier molecular flexibility index (Phi) is 11.4. The minimum atomic E-state index is 0. The second kappa shape index (κ2) is 13.5. The summed E-state index contributed by atoms with van der Waals surface area (Å²) in [5, 5.41) is 3.64. The number of nitrogens with zero attached hydrogens (tertiary/aromatic N) is 4. The molecule has 1 aliphatic heterocycles. The molecule has 0 aliphatic carbocycles. The molecule has 0 bridgehead atoms. The van der Waals surface area contributed by atoms with E-state index >= 15 is 0 Å². The molecule has 0 unspecified atom stereocenters. The SMILES string of the molecule is Br.CCN(CC)CCN(C)c1ccc2c(c1)Sc1cc(N(C)CCN(CC)CC)ccc1N2. The summed E-state index contributed by atoms with van der Waals surface area (Å²) < 4.78 is 0. The van der Waals surface area contributed by atoms with Crippen LogP contribution in [-0.4, -0.2) is 76.3 Å². The molecule has 1 N–H and O–H groups in total. The van der Waals surface area contributed by atoms with Crippen molar-refractivity contribution < 1.29 is 0 Å². The Labute approximate surface area is 216 Å². The van der Waals surface area contributed by atoms with Gasteiger partial charge in [0.05, 0.1) is 11.4 Å². The predicted molar refractivity (Wildman–Crippen MR) is 153 cm³/mol. The maximum Gasteiger partial charge on any atom is 0.0527 e. The lowest BCUT2D eigenvalue weighted by Crippen LogP contribution is -2.33. The fraction of sp³-hybridized carbons (Fsp3) is 0.538. The molecule has 0 atom stereocenters. The Morgan fingerprint density at radius 3 is 1.39 bits per heavy atom. The second-order valence-electron chi connectivity index (χ2n) is 8.48. The van der Waals surface area contributed by atoms with E-state index in [1.165, 1.54) is 32.5 Å². The highest BCUT2D eigenvalue weighted by atomic mass is 79.9. The number of hydrogen-bond donors (Lipinski definition) is 1. The van der Waals surface area contributed by atoms with Gasteiger partial charge >= 0.3 is 0 Å². The third-order valence-electron chi connectivity index (χ3n) is 6.59. The van der Waals surface area contributed by atoms with Gasteiger partial charge in [-0.3, -0.25) is 0 Å². The molecule has 0 saturated heterocycles. The Morgan fingerprint density at radius 2 is 1.03 bits per heavy atom. The normalized spacial score (nSPS) is 12.1. The molecule has 0 aromatic heterocycles. The summed E-state index contributed by atoms with van der Waals surface area (Å²) in [6.07, 6.45) is 0. The van der Waals surface area contributed by atoms with Crippen LogP contribution in [-0.2, 0) is 0 Å². The van der Waals surface area contributed by atoms with E-state index < -0.39 is 0 Å². The van der Waals surface area contributed by atoms with Crippen LogP contribution in [0.1, 0.15) is 27.7 Å². The van der Waals surface area contributed by atoms with Gasteiger partial charge < -0.3 is 24.9 Å². The van der Waals surface area contributed by atoms with Crippen molar-refractivity contribution in [2.24, 2.45) is 0 Å². The lowest BCUT2D eigenvalue weighted by atomic mass is 10.2. The smallest absolute Gasteiger partial charge is 0.0527 e. The number of nitrogens with one attached hydrogen (secondary N) is 1. The highest BCUT2D eigenvalue weighted by Crippen LogP contribution is 2.46. The first-order valence-corrected chi connectivity index (χ1v) is 12.9. The highest BCUT2D eigenvalue weighted by Gasteiger charge is 2.18. The summed E-state index contributed by atoms with van der Waals surface area (Å²) in [5.41, 5.74) is 4.96. The molecule has 2 aromatic carbocycles. The quantitative estimate of drug-likeness (QED) is 0.304. The highest BCUT2D eigenvalue weighted by molar-refractivity contribution is 8.93. The number of rotatable bonds is 12. The minimum Gasteiger partial charge on any atom is -0.373 e. The van der Waals surface area contributed by atoms with Crippen molar-refractivity contribution >= 4 is 51.5 Å². The Morgan fingerprint density at radius 1 is 0.636 bits per heavy atom. The van der Waals surface area contributed by atoms with E-state index in [9.17, 15) is 0 Å². The van der Waals surface area contributed by atoms with Crippen molar-refractivity contribution in [1.82, 2.24) is 9.80 Å². The molecule has 0 saturated carbocycles. The average molecular weight is 537 g/mol. The van der Waals surface area contributed by atoms with Gasteiger partial charge in [-0.25, -0.2) is 0 Å². The first-order valence-electron chi connectivity index (χ1n) is 12.1. The molecule has 0 radical (unpaired) electrons. The maximum atomic E-state index is 3.64. The van der Waals surface area contributed by atoms with Crippen molar-refractivity contribution in [3.8, 4) is 0 Å². The van der Waals surface area contributed by atoms with E-state index in [2.05, 4.69) is 103 Å². The standard InChI is InChI=1S/C26H41N5S.BrH/c1-7-30(8-2)17-15-28(5)21-11-13-23-25(19-21)32-26-20-22(12-14-24(26)27-23)29(6)16-18-31(9-3)10-4;/h11-14,19-20,27H,7-10,15-18H2,1-6H3;1H. The van der Waals surface area contributed by atoms with Crippen molar-refractivity contribution in [2.75, 3.05) is 81.6 Å². The van der Waals surface area contributed by atoms with Gasteiger partial charge in [-0.1, -0.05) is 39.5 Å². The van der Waals surface area contributed by atoms with E-state index in [0.717, 1.165) is 52.4 Å². The van der Waals surface area contributed by atoms with Gasteiger partial charge in [0.25, 0.3) is 0 Å². The molecule has 0 fully saturated rings. The number of fused-ring (bicyclic) bond motifs is 2. The summed E-state index contributed by atoms with van der Waals surface area (Å²) in [5.74, 6) is 0. The first-order chi connectivity index (χ1) is 15.5. The summed E-state index contributed by atoms with van der Waals surface area (Å²) in [4.78, 5) is 12.3. The predicted octanol–water partition coefficient (Wildman–Crippen LogP) is 6.03. The second-order valence-corrected chi connectivity index (χ2v) is 9.57.